The highest BCUT2D eigenvalue weighted by Gasteiger charge is 2.13. The summed E-state index contributed by atoms with van der Waals surface area (Å²) in [5.41, 5.74) is 0.941. The van der Waals surface area contributed by atoms with E-state index in [0.29, 0.717) is 12.5 Å². The molecule has 1 atom stereocenters. The van der Waals surface area contributed by atoms with Crippen molar-refractivity contribution in [3.8, 4) is 0 Å². The van der Waals surface area contributed by atoms with E-state index in [9.17, 15) is 8.42 Å². The Hall–Kier alpha value is -1.64. The molecule has 0 saturated carbocycles. The minimum atomic E-state index is -3.41. The average Bonchev–Trinajstić information content (AvgIpc) is 2.65. The Morgan fingerprint density at radius 2 is 1.81 bits per heavy atom. The fourth-order valence-electron chi connectivity index (χ4n) is 2.56. The van der Waals surface area contributed by atoms with Gasteiger partial charge in [0.2, 0.25) is 10.0 Å². The van der Waals surface area contributed by atoms with E-state index in [2.05, 4.69) is 34.2 Å². The maximum Gasteiger partial charge on any atom is 0.240 e. The van der Waals surface area contributed by atoms with Crippen LogP contribution >= 0.6 is 0 Å². The number of aliphatic imine (C=N–C) groups is 1. The molecule has 0 aliphatic heterocycles. The molecule has 3 N–H and O–H groups in total. The topological polar surface area (TPSA) is 91.8 Å². The number of nitrogens with zero attached hydrogens (tertiary/aromatic N) is 1. The molecule has 0 heterocycles. The lowest BCUT2D eigenvalue weighted by Crippen LogP contribution is -2.39. The lowest BCUT2D eigenvalue weighted by Gasteiger charge is -2.21. The molecule has 0 spiro atoms. The van der Waals surface area contributed by atoms with E-state index in [1.54, 1.807) is 24.3 Å². The Morgan fingerprint density at radius 3 is 2.33 bits per heavy atom. The summed E-state index contributed by atoms with van der Waals surface area (Å²) in [6.07, 6.45) is 1.14. The summed E-state index contributed by atoms with van der Waals surface area (Å²) in [6, 6.07) is 6.74. The van der Waals surface area contributed by atoms with Gasteiger partial charge in [0.25, 0.3) is 0 Å². The summed E-state index contributed by atoms with van der Waals surface area (Å²) in [4.78, 5) is 4.82. The molecule has 0 bridgehead atoms. The molecular weight excluding hydrogens is 364 g/mol. The Labute approximate surface area is 164 Å². The van der Waals surface area contributed by atoms with Gasteiger partial charge in [-0.3, -0.25) is 0 Å². The van der Waals surface area contributed by atoms with Gasteiger partial charge >= 0.3 is 0 Å². The summed E-state index contributed by atoms with van der Waals surface area (Å²) in [7, 11) is -2.01. The molecule has 154 valence electrons. The van der Waals surface area contributed by atoms with Gasteiger partial charge in [0, 0.05) is 19.7 Å². The van der Waals surface area contributed by atoms with Crippen molar-refractivity contribution in [2.45, 2.75) is 51.7 Å². The van der Waals surface area contributed by atoms with Crippen LogP contribution in [0.15, 0.2) is 34.2 Å². The van der Waals surface area contributed by atoms with Gasteiger partial charge in [-0.05, 0) is 50.9 Å². The van der Waals surface area contributed by atoms with Gasteiger partial charge in [0.05, 0.1) is 17.5 Å². The van der Waals surface area contributed by atoms with Gasteiger partial charge in [-0.15, -0.1) is 0 Å². The maximum absolute atomic E-state index is 11.8. The van der Waals surface area contributed by atoms with E-state index < -0.39 is 10.0 Å². The number of hydrogen-bond donors (Lipinski definition) is 3. The first kappa shape index (κ1) is 23.4. The van der Waals surface area contributed by atoms with Gasteiger partial charge in [-0.2, -0.15) is 0 Å². The molecule has 8 heteroatoms. The van der Waals surface area contributed by atoms with Crippen molar-refractivity contribution in [1.29, 1.82) is 0 Å². The van der Waals surface area contributed by atoms with E-state index in [0.717, 1.165) is 37.6 Å². The van der Waals surface area contributed by atoms with Crippen molar-refractivity contribution in [3.05, 3.63) is 29.8 Å². The van der Waals surface area contributed by atoms with Crippen LogP contribution in [0.25, 0.3) is 0 Å². The van der Waals surface area contributed by atoms with Crippen LogP contribution in [0.3, 0.4) is 0 Å². The standard InChI is InChI=1S/C19H34N4O3S/c1-6-21-19(22-13-12-18(15(3)4)26-7-2)23-14-16-8-10-17(11-9-16)27(24,25)20-5/h8-11,15,18,20H,6-7,12-14H2,1-5H3,(H2,21,22,23). The second-order valence-corrected chi connectivity index (χ2v) is 8.39. The summed E-state index contributed by atoms with van der Waals surface area (Å²) in [6.45, 7) is 11.1. The number of ether oxygens (including phenoxy) is 1. The quantitative estimate of drug-likeness (QED) is 0.392. The van der Waals surface area contributed by atoms with Gasteiger partial charge in [0.15, 0.2) is 5.96 Å². The van der Waals surface area contributed by atoms with E-state index in [1.165, 1.54) is 7.05 Å². The van der Waals surface area contributed by atoms with Gasteiger partial charge in [0.1, 0.15) is 0 Å². The highest BCUT2D eigenvalue weighted by molar-refractivity contribution is 7.89. The minimum Gasteiger partial charge on any atom is -0.378 e. The summed E-state index contributed by atoms with van der Waals surface area (Å²) < 4.78 is 31.6. The van der Waals surface area contributed by atoms with Crippen molar-refractivity contribution in [3.63, 3.8) is 0 Å². The highest BCUT2D eigenvalue weighted by atomic mass is 32.2. The van der Waals surface area contributed by atoms with Crippen molar-refractivity contribution >= 4 is 16.0 Å². The largest absolute Gasteiger partial charge is 0.378 e. The van der Waals surface area contributed by atoms with Crippen molar-refractivity contribution < 1.29 is 13.2 Å². The predicted molar refractivity (Wildman–Crippen MR) is 110 cm³/mol. The molecule has 0 saturated heterocycles. The third-order valence-electron chi connectivity index (χ3n) is 4.11. The van der Waals surface area contributed by atoms with E-state index in [-0.39, 0.29) is 11.0 Å². The number of guanidine groups is 1. The van der Waals surface area contributed by atoms with E-state index >= 15 is 0 Å². The number of rotatable bonds is 11. The molecular formula is C19H34N4O3S. The first-order valence-electron chi connectivity index (χ1n) is 9.50. The minimum absolute atomic E-state index is 0.229. The molecule has 0 aliphatic rings. The first-order valence-corrected chi connectivity index (χ1v) is 11.0. The first-order chi connectivity index (χ1) is 12.8. The van der Waals surface area contributed by atoms with Crippen molar-refractivity contribution in [2.24, 2.45) is 10.9 Å². The Morgan fingerprint density at radius 1 is 1.15 bits per heavy atom. The Kier molecular flexibility index (Phi) is 10.4. The van der Waals surface area contributed by atoms with Crippen LogP contribution in [-0.4, -0.2) is 47.2 Å². The molecule has 7 nitrogen and oxygen atoms in total. The third kappa shape index (κ3) is 8.28. The van der Waals surface area contributed by atoms with Crippen LogP contribution < -0.4 is 15.4 Å². The number of benzene rings is 1. The number of sulfonamides is 1. The molecule has 1 unspecified atom stereocenters. The third-order valence-corrected chi connectivity index (χ3v) is 5.54. The normalized spacial score (nSPS) is 13.6. The van der Waals surface area contributed by atoms with Crippen molar-refractivity contribution in [2.75, 3.05) is 26.7 Å². The Balaban J connectivity index is 2.65. The molecule has 0 aromatic heterocycles. The SMILES string of the molecule is CCNC(=NCc1ccc(S(=O)(=O)NC)cc1)NCCC(OCC)C(C)C. The molecule has 1 rings (SSSR count). The summed E-state index contributed by atoms with van der Waals surface area (Å²) in [5, 5.41) is 6.56. The average molecular weight is 399 g/mol. The predicted octanol–water partition coefficient (Wildman–Crippen LogP) is 2.10. The van der Waals surface area contributed by atoms with Crippen LogP contribution in [0.5, 0.6) is 0 Å². The van der Waals surface area contributed by atoms with Gasteiger partial charge in [-0.25, -0.2) is 18.1 Å². The second kappa shape index (κ2) is 11.9. The molecule has 1 aromatic carbocycles. The van der Waals surface area contributed by atoms with Gasteiger partial charge in [-0.1, -0.05) is 26.0 Å². The lowest BCUT2D eigenvalue weighted by molar-refractivity contribution is 0.0258. The molecule has 0 fully saturated rings. The van der Waals surface area contributed by atoms with Crippen LogP contribution in [0.1, 0.15) is 39.7 Å². The van der Waals surface area contributed by atoms with E-state index in [4.69, 9.17) is 4.74 Å². The summed E-state index contributed by atoms with van der Waals surface area (Å²) >= 11 is 0. The molecule has 0 radical (unpaired) electrons. The smallest absolute Gasteiger partial charge is 0.240 e. The van der Waals surface area contributed by atoms with Crippen LogP contribution in [-0.2, 0) is 21.3 Å². The molecule has 27 heavy (non-hydrogen) atoms. The molecule has 0 amide bonds. The zero-order valence-corrected chi connectivity index (χ0v) is 17.9. The number of nitrogens with one attached hydrogen (secondary N) is 3. The fourth-order valence-corrected chi connectivity index (χ4v) is 3.29. The Bertz CT molecular complexity index is 673. The zero-order valence-electron chi connectivity index (χ0n) is 17.1. The highest BCUT2D eigenvalue weighted by Crippen LogP contribution is 2.11. The van der Waals surface area contributed by atoms with Crippen LogP contribution in [0.4, 0.5) is 0 Å². The van der Waals surface area contributed by atoms with Crippen LogP contribution in [0.2, 0.25) is 0 Å². The monoisotopic (exact) mass is 398 g/mol. The molecule has 0 aliphatic carbocycles. The van der Waals surface area contributed by atoms with Crippen molar-refractivity contribution in [1.82, 2.24) is 15.4 Å². The van der Waals surface area contributed by atoms with E-state index in [1.807, 2.05) is 13.8 Å². The fraction of sp³-hybridized carbons (Fsp3) is 0.632. The second-order valence-electron chi connectivity index (χ2n) is 6.50. The van der Waals surface area contributed by atoms with Crippen LogP contribution in [0, 0.1) is 5.92 Å². The lowest BCUT2D eigenvalue weighted by atomic mass is 10.0. The number of hydrogen-bond acceptors (Lipinski definition) is 4. The summed E-state index contributed by atoms with van der Waals surface area (Å²) in [5.74, 6) is 1.21. The molecule has 1 aromatic rings. The maximum atomic E-state index is 11.8. The zero-order chi connectivity index (χ0) is 20.3. The van der Waals surface area contributed by atoms with Gasteiger partial charge < -0.3 is 15.4 Å².